The highest BCUT2D eigenvalue weighted by Gasteiger charge is 2.30. The number of carbonyl (C=O) groups is 3. The molecule has 0 spiro atoms. The Morgan fingerprint density at radius 3 is 2.28 bits per heavy atom. The Morgan fingerprint density at radius 2 is 1.80 bits per heavy atom. The molecule has 0 fully saturated rings. The van der Waals surface area contributed by atoms with Crippen molar-refractivity contribution in [1.82, 2.24) is 10.6 Å². The molecule has 0 aliphatic heterocycles. The minimum atomic E-state index is -4.51. The molecule has 0 saturated carbocycles. The van der Waals surface area contributed by atoms with E-state index in [1.54, 1.807) is 19.1 Å². The number of carboxylic acids is 1. The first kappa shape index (κ1) is 20.2. The van der Waals surface area contributed by atoms with Crippen LogP contribution < -0.4 is 10.6 Å². The van der Waals surface area contributed by atoms with Crippen LogP contribution in [0.25, 0.3) is 0 Å². The number of amides is 2. The second-order valence-corrected chi connectivity index (χ2v) is 5.02. The molecule has 1 aromatic carbocycles. The second-order valence-electron chi connectivity index (χ2n) is 5.02. The molecule has 25 heavy (non-hydrogen) atoms. The van der Waals surface area contributed by atoms with Crippen LogP contribution in [0, 0.1) is 0 Å². The fourth-order valence-electron chi connectivity index (χ4n) is 1.81. The number of carbonyl (C=O) groups excluding carboxylic acids is 2. The van der Waals surface area contributed by atoms with E-state index in [1.807, 2.05) is 0 Å². The van der Waals surface area contributed by atoms with Gasteiger partial charge < -0.3 is 15.7 Å². The predicted octanol–water partition coefficient (Wildman–Crippen LogP) is 1.97. The van der Waals surface area contributed by atoms with Crippen LogP contribution in [-0.4, -0.2) is 35.5 Å². The van der Waals surface area contributed by atoms with E-state index in [0.29, 0.717) is 0 Å². The molecule has 0 aliphatic carbocycles. The van der Waals surface area contributed by atoms with Crippen molar-refractivity contribution in [1.29, 1.82) is 0 Å². The standard InChI is InChI=1S/C16H17F3N2O4/c1-2-3-4-12(15(24)25)21-13(22)9-20-14(23)10-5-7-11(8-6-10)16(17,18)19/h2-3,5-8,12H,4,9H2,1H3,(H,20,23)(H,21,22)(H,24,25)/b3-2+. The Hall–Kier alpha value is -2.84. The van der Waals surface area contributed by atoms with Gasteiger partial charge in [0.25, 0.3) is 5.91 Å². The van der Waals surface area contributed by atoms with Crippen LogP contribution >= 0.6 is 0 Å². The molecule has 1 rings (SSSR count). The molecule has 0 aliphatic rings. The molecule has 0 radical (unpaired) electrons. The van der Waals surface area contributed by atoms with Crippen molar-refractivity contribution >= 4 is 17.8 Å². The molecule has 2 amide bonds. The van der Waals surface area contributed by atoms with E-state index in [2.05, 4.69) is 10.6 Å². The van der Waals surface area contributed by atoms with Crippen molar-refractivity contribution in [2.75, 3.05) is 6.54 Å². The van der Waals surface area contributed by atoms with Crippen LogP contribution in [0.4, 0.5) is 13.2 Å². The summed E-state index contributed by atoms with van der Waals surface area (Å²) in [7, 11) is 0. The van der Waals surface area contributed by atoms with Crippen LogP contribution in [0.3, 0.4) is 0 Å². The van der Waals surface area contributed by atoms with Crippen molar-refractivity contribution in [3.8, 4) is 0 Å². The molecule has 136 valence electrons. The number of nitrogens with one attached hydrogen (secondary N) is 2. The number of benzene rings is 1. The molecule has 1 aromatic rings. The van der Waals surface area contributed by atoms with Crippen LogP contribution in [0.15, 0.2) is 36.4 Å². The lowest BCUT2D eigenvalue weighted by atomic mass is 10.1. The van der Waals surface area contributed by atoms with Gasteiger partial charge in [-0.15, -0.1) is 0 Å². The number of rotatable bonds is 7. The first-order valence-corrected chi connectivity index (χ1v) is 7.24. The molecular weight excluding hydrogens is 341 g/mol. The summed E-state index contributed by atoms with van der Waals surface area (Å²) in [5, 5.41) is 13.4. The number of carboxylic acid groups (broad SMARTS) is 1. The van der Waals surface area contributed by atoms with Gasteiger partial charge in [-0.05, 0) is 37.6 Å². The maximum atomic E-state index is 12.4. The quantitative estimate of drug-likeness (QED) is 0.650. The number of hydrogen-bond donors (Lipinski definition) is 3. The van der Waals surface area contributed by atoms with Gasteiger partial charge in [-0.3, -0.25) is 9.59 Å². The number of alkyl halides is 3. The van der Waals surface area contributed by atoms with Crippen molar-refractivity contribution in [3.63, 3.8) is 0 Å². The highest BCUT2D eigenvalue weighted by molar-refractivity contribution is 5.96. The molecule has 0 heterocycles. The zero-order chi connectivity index (χ0) is 19.0. The van der Waals surface area contributed by atoms with Gasteiger partial charge in [-0.2, -0.15) is 13.2 Å². The van der Waals surface area contributed by atoms with Gasteiger partial charge in [0.1, 0.15) is 6.04 Å². The van der Waals surface area contributed by atoms with E-state index in [-0.39, 0.29) is 12.0 Å². The summed E-state index contributed by atoms with van der Waals surface area (Å²) in [4.78, 5) is 34.5. The largest absolute Gasteiger partial charge is 0.480 e. The van der Waals surface area contributed by atoms with Gasteiger partial charge in [0.15, 0.2) is 0 Å². The van der Waals surface area contributed by atoms with E-state index in [0.717, 1.165) is 24.3 Å². The zero-order valence-corrected chi connectivity index (χ0v) is 13.3. The summed E-state index contributed by atoms with van der Waals surface area (Å²) >= 11 is 0. The maximum absolute atomic E-state index is 12.4. The minimum Gasteiger partial charge on any atom is -0.480 e. The van der Waals surface area contributed by atoms with Crippen molar-refractivity contribution < 1.29 is 32.7 Å². The lowest BCUT2D eigenvalue weighted by Crippen LogP contribution is -2.45. The SMILES string of the molecule is C/C=C/CC(NC(=O)CNC(=O)c1ccc(C(F)(F)F)cc1)C(=O)O. The van der Waals surface area contributed by atoms with Gasteiger partial charge in [-0.25, -0.2) is 4.79 Å². The predicted molar refractivity (Wildman–Crippen MR) is 82.8 cm³/mol. The fraction of sp³-hybridized carbons (Fsp3) is 0.312. The first-order valence-electron chi connectivity index (χ1n) is 7.24. The summed E-state index contributed by atoms with van der Waals surface area (Å²) in [6.45, 7) is 1.20. The average Bonchev–Trinajstić information content (AvgIpc) is 2.55. The van der Waals surface area contributed by atoms with E-state index in [9.17, 15) is 27.6 Å². The van der Waals surface area contributed by atoms with Crippen molar-refractivity contribution in [2.45, 2.75) is 25.6 Å². The fourth-order valence-corrected chi connectivity index (χ4v) is 1.81. The summed E-state index contributed by atoms with van der Waals surface area (Å²) < 4.78 is 37.3. The van der Waals surface area contributed by atoms with Crippen LogP contribution in [0.1, 0.15) is 29.3 Å². The molecule has 0 saturated heterocycles. The Morgan fingerprint density at radius 1 is 1.20 bits per heavy atom. The Kier molecular flexibility index (Phi) is 7.16. The van der Waals surface area contributed by atoms with Crippen LogP contribution in [0.2, 0.25) is 0 Å². The van der Waals surface area contributed by atoms with E-state index >= 15 is 0 Å². The molecule has 1 unspecified atom stereocenters. The maximum Gasteiger partial charge on any atom is 0.416 e. The lowest BCUT2D eigenvalue weighted by Gasteiger charge is -2.13. The van der Waals surface area contributed by atoms with Gasteiger partial charge in [-0.1, -0.05) is 12.2 Å². The van der Waals surface area contributed by atoms with Crippen LogP contribution in [-0.2, 0) is 15.8 Å². The molecular formula is C16H17F3N2O4. The lowest BCUT2D eigenvalue weighted by molar-refractivity contribution is -0.141. The third-order valence-corrected chi connectivity index (χ3v) is 3.12. The topological polar surface area (TPSA) is 95.5 Å². The average molecular weight is 358 g/mol. The summed E-state index contributed by atoms with van der Waals surface area (Å²) in [6.07, 6.45) is -1.22. The van der Waals surface area contributed by atoms with E-state index in [4.69, 9.17) is 5.11 Å². The monoisotopic (exact) mass is 358 g/mol. The smallest absolute Gasteiger partial charge is 0.416 e. The van der Waals surface area contributed by atoms with Gasteiger partial charge in [0.05, 0.1) is 12.1 Å². The zero-order valence-electron chi connectivity index (χ0n) is 13.3. The van der Waals surface area contributed by atoms with E-state index < -0.39 is 42.1 Å². The Balaban J connectivity index is 2.57. The second kappa shape index (κ2) is 8.86. The Bertz CT molecular complexity index is 654. The molecule has 6 nitrogen and oxygen atoms in total. The van der Waals surface area contributed by atoms with Gasteiger partial charge >= 0.3 is 12.1 Å². The molecule has 0 bridgehead atoms. The van der Waals surface area contributed by atoms with Crippen LogP contribution in [0.5, 0.6) is 0 Å². The van der Waals surface area contributed by atoms with E-state index in [1.165, 1.54) is 0 Å². The highest BCUT2D eigenvalue weighted by atomic mass is 19.4. The third kappa shape index (κ3) is 6.66. The summed E-state index contributed by atoms with van der Waals surface area (Å²) in [5.41, 5.74) is -0.945. The van der Waals surface area contributed by atoms with Crippen molar-refractivity contribution in [3.05, 3.63) is 47.5 Å². The minimum absolute atomic E-state index is 0.0514. The molecule has 1 atom stereocenters. The first-order chi connectivity index (χ1) is 11.6. The number of aliphatic carboxylic acids is 1. The number of halogens is 3. The highest BCUT2D eigenvalue weighted by Crippen LogP contribution is 2.28. The molecule has 3 N–H and O–H groups in total. The summed E-state index contributed by atoms with van der Waals surface area (Å²) in [5.74, 6) is -2.69. The van der Waals surface area contributed by atoms with Gasteiger partial charge in [0.2, 0.25) is 5.91 Å². The molecule has 9 heteroatoms. The third-order valence-electron chi connectivity index (χ3n) is 3.12. The molecule has 0 aromatic heterocycles. The normalized spacial score (nSPS) is 12.6. The Labute approximate surface area is 141 Å². The van der Waals surface area contributed by atoms with Gasteiger partial charge in [0, 0.05) is 5.56 Å². The van der Waals surface area contributed by atoms with Crippen molar-refractivity contribution in [2.24, 2.45) is 0 Å². The summed E-state index contributed by atoms with van der Waals surface area (Å²) in [6, 6.07) is 2.36. The number of allylic oxidation sites excluding steroid dienone is 1. The number of hydrogen-bond acceptors (Lipinski definition) is 3.